The third kappa shape index (κ3) is 3.01. The number of nitro groups is 1. The van der Waals surface area contributed by atoms with Gasteiger partial charge in [0.2, 0.25) is 0 Å². The summed E-state index contributed by atoms with van der Waals surface area (Å²) in [5.74, 6) is 0. The van der Waals surface area contributed by atoms with E-state index in [1.807, 2.05) is 0 Å². The molecule has 10 heteroatoms. The Morgan fingerprint density at radius 1 is 1.41 bits per heavy atom. The molecule has 0 saturated carbocycles. The van der Waals surface area contributed by atoms with Crippen LogP contribution in [0.15, 0.2) is 17.0 Å². The smallest absolute Gasteiger partial charge is 0.258 e. The summed E-state index contributed by atoms with van der Waals surface area (Å²) < 4.78 is 46.7. The molecule has 94 valence electrons. The zero-order valence-electron chi connectivity index (χ0n) is 7.73. The van der Waals surface area contributed by atoms with Gasteiger partial charge in [0.25, 0.3) is 21.2 Å². The van der Waals surface area contributed by atoms with Gasteiger partial charge in [-0.25, -0.2) is 17.2 Å². The Labute approximate surface area is 112 Å². The van der Waals surface area contributed by atoms with Gasteiger partial charge in [-0.15, -0.1) is 0 Å². The van der Waals surface area contributed by atoms with Gasteiger partial charge >= 0.3 is 0 Å². The summed E-state index contributed by atoms with van der Waals surface area (Å²) >= 11 is 1.30. The minimum Gasteiger partial charge on any atom is -0.258 e. The Bertz CT molecular complexity index is 577. The molecule has 1 rings (SSSR count). The van der Waals surface area contributed by atoms with Crippen LogP contribution in [0, 0.1) is 13.7 Å². The lowest BCUT2D eigenvalue weighted by Gasteiger charge is -2.06. The standard InChI is InChI=1S/C7H3ClF2INO4S/c8-17(15,16)4-2-1-3(7(9)10)6(5(4)11)12(13)14/h1-2,7H. The first-order valence-electron chi connectivity index (χ1n) is 3.86. The molecule has 1 aromatic rings. The minimum absolute atomic E-state index is 0.430. The molecular formula is C7H3ClF2INO4S. The van der Waals surface area contributed by atoms with Crippen LogP contribution in [-0.4, -0.2) is 13.3 Å². The van der Waals surface area contributed by atoms with Crippen LogP contribution in [0.3, 0.4) is 0 Å². The second-order valence-corrected chi connectivity index (χ2v) is 6.42. The van der Waals surface area contributed by atoms with Crippen LogP contribution in [0.25, 0.3) is 0 Å². The first kappa shape index (κ1) is 14.5. The predicted octanol–water partition coefficient (Wildman–Crippen LogP) is 3.06. The van der Waals surface area contributed by atoms with Crippen molar-refractivity contribution in [2.45, 2.75) is 11.3 Å². The molecule has 0 atom stereocenters. The molecule has 0 fully saturated rings. The summed E-state index contributed by atoms with van der Waals surface area (Å²) in [5.41, 5.74) is -1.79. The van der Waals surface area contributed by atoms with E-state index in [1.165, 1.54) is 22.6 Å². The number of alkyl halides is 2. The quantitative estimate of drug-likeness (QED) is 0.340. The van der Waals surface area contributed by atoms with Gasteiger partial charge in [0.1, 0.15) is 8.47 Å². The molecule has 0 heterocycles. The highest BCUT2D eigenvalue weighted by molar-refractivity contribution is 14.1. The molecule has 0 N–H and O–H groups in total. The van der Waals surface area contributed by atoms with E-state index in [9.17, 15) is 27.3 Å². The second kappa shape index (κ2) is 4.98. The number of benzene rings is 1. The van der Waals surface area contributed by atoms with E-state index in [2.05, 4.69) is 0 Å². The molecule has 17 heavy (non-hydrogen) atoms. The lowest BCUT2D eigenvalue weighted by atomic mass is 10.2. The van der Waals surface area contributed by atoms with Crippen molar-refractivity contribution in [3.63, 3.8) is 0 Å². The molecule has 5 nitrogen and oxygen atoms in total. The number of nitro benzene ring substituents is 1. The summed E-state index contributed by atoms with van der Waals surface area (Å²) in [7, 11) is 0.813. The number of halogens is 4. The Hall–Kier alpha value is -0.550. The van der Waals surface area contributed by atoms with Crippen LogP contribution in [0.5, 0.6) is 0 Å². The van der Waals surface area contributed by atoms with Crippen molar-refractivity contribution in [3.05, 3.63) is 31.4 Å². The van der Waals surface area contributed by atoms with Gasteiger partial charge in [-0.2, -0.15) is 0 Å². The SMILES string of the molecule is O=[N+]([O-])c1c(C(F)F)ccc(S(=O)(=O)Cl)c1I. The monoisotopic (exact) mass is 397 g/mol. The third-order valence-corrected chi connectivity index (χ3v) is 4.61. The van der Waals surface area contributed by atoms with Crippen molar-refractivity contribution in [1.82, 2.24) is 0 Å². The molecule has 0 aliphatic carbocycles. The average molecular weight is 398 g/mol. The fraction of sp³-hybridized carbons (Fsp3) is 0.143. The van der Waals surface area contributed by atoms with E-state index in [0.717, 1.165) is 6.07 Å². The number of nitrogens with zero attached hydrogens (tertiary/aromatic N) is 1. The third-order valence-electron chi connectivity index (χ3n) is 1.79. The minimum atomic E-state index is -4.22. The average Bonchev–Trinajstić information content (AvgIpc) is 2.13. The van der Waals surface area contributed by atoms with Gasteiger partial charge < -0.3 is 0 Å². The molecule has 0 saturated heterocycles. The van der Waals surface area contributed by atoms with Gasteiger partial charge in [0.15, 0.2) is 0 Å². The van der Waals surface area contributed by atoms with Crippen LogP contribution in [0.2, 0.25) is 0 Å². The van der Waals surface area contributed by atoms with Crippen LogP contribution in [0.4, 0.5) is 14.5 Å². The first-order chi connectivity index (χ1) is 7.66. The summed E-state index contributed by atoms with van der Waals surface area (Å²) in [6, 6.07) is 1.50. The van der Waals surface area contributed by atoms with Crippen molar-refractivity contribution >= 4 is 48.0 Å². The van der Waals surface area contributed by atoms with Crippen LogP contribution in [0.1, 0.15) is 12.0 Å². The highest BCUT2D eigenvalue weighted by atomic mass is 127. The number of hydrogen-bond donors (Lipinski definition) is 0. The summed E-state index contributed by atoms with van der Waals surface area (Å²) in [5, 5.41) is 10.7. The van der Waals surface area contributed by atoms with Gasteiger partial charge in [-0.05, 0) is 34.7 Å². The highest BCUT2D eigenvalue weighted by Crippen LogP contribution is 2.37. The van der Waals surface area contributed by atoms with Gasteiger partial charge in [0.05, 0.1) is 10.5 Å². The zero-order chi connectivity index (χ0) is 13.4. The largest absolute Gasteiger partial charge is 0.292 e. The topological polar surface area (TPSA) is 77.3 Å². The fourth-order valence-electron chi connectivity index (χ4n) is 1.11. The Morgan fingerprint density at radius 2 is 1.94 bits per heavy atom. The summed E-state index contributed by atoms with van der Waals surface area (Å²) in [6.07, 6.45) is -3.07. The van der Waals surface area contributed by atoms with Crippen molar-refractivity contribution in [1.29, 1.82) is 0 Å². The second-order valence-electron chi connectivity index (χ2n) is 2.81. The molecule has 1 aromatic carbocycles. The molecule has 0 amide bonds. The van der Waals surface area contributed by atoms with E-state index >= 15 is 0 Å². The fourth-order valence-corrected chi connectivity index (χ4v) is 3.99. The number of hydrogen-bond acceptors (Lipinski definition) is 4. The van der Waals surface area contributed by atoms with E-state index in [4.69, 9.17) is 10.7 Å². The molecule has 0 unspecified atom stereocenters. The van der Waals surface area contributed by atoms with E-state index < -0.39 is 40.1 Å². The number of rotatable bonds is 3. The predicted molar refractivity (Wildman–Crippen MR) is 63.8 cm³/mol. The van der Waals surface area contributed by atoms with Gasteiger partial charge in [0, 0.05) is 10.7 Å². The maximum atomic E-state index is 12.5. The van der Waals surface area contributed by atoms with Crippen molar-refractivity contribution < 1.29 is 22.1 Å². The lowest BCUT2D eigenvalue weighted by Crippen LogP contribution is -2.03. The van der Waals surface area contributed by atoms with E-state index in [0.29, 0.717) is 6.07 Å². The van der Waals surface area contributed by atoms with Gasteiger partial charge in [-0.1, -0.05) is 0 Å². The van der Waals surface area contributed by atoms with Crippen LogP contribution in [-0.2, 0) is 9.05 Å². The van der Waals surface area contributed by atoms with Crippen LogP contribution >= 0.6 is 33.3 Å². The first-order valence-corrected chi connectivity index (χ1v) is 7.24. The maximum absolute atomic E-state index is 12.5. The van der Waals surface area contributed by atoms with E-state index in [-0.39, 0.29) is 0 Å². The normalized spacial score (nSPS) is 11.8. The van der Waals surface area contributed by atoms with Crippen molar-refractivity contribution in [3.8, 4) is 0 Å². The Kier molecular flexibility index (Phi) is 4.25. The Balaban J connectivity index is 3.67. The molecule has 0 radical (unpaired) electrons. The molecule has 0 aliphatic heterocycles. The summed E-state index contributed by atoms with van der Waals surface area (Å²) in [6.45, 7) is 0. The Morgan fingerprint density at radius 3 is 2.29 bits per heavy atom. The molecular weight excluding hydrogens is 394 g/mol. The maximum Gasteiger partial charge on any atom is 0.292 e. The highest BCUT2D eigenvalue weighted by Gasteiger charge is 2.30. The molecule has 0 aliphatic rings. The van der Waals surface area contributed by atoms with Gasteiger partial charge in [-0.3, -0.25) is 10.1 Å². The van der Waals surface area contributed by atoms with Crippen molar-refractivity contribution in [2.24, 2.45) is 0 Å². The molecule has 0 spiro atoms. The van der Waals surface area contributed by atoms with E-state index in [1.54, 1.807) is 0 Å². The summed E-state index contributed by atoms with van der Waals surface area (Å²) in [4.78, 5) is 9.04. The zero-order valence-corrected chi connectivity index (χ0v) is 11.5. The lowest BCUT2D eigenvalue weighted by molar-refractivity contribution is -0.387. The molecule has 0 bridgehead atoms. The van der Waals surface area contributed by atoms with Crippen LogP contribution < -0.4 is 0 Å². The van der Waals surface area contributed by atoms with Crippen molar-refractivity contribution in [2.75, 3.05) is 0 Å². The molecule has 0 aromatic heterocycles.